The van der Waals surface area contributed by atoms with Gasteiger partial charge in [-0.3, -0.25) is 4.79 Å². The summed E-state index contributed by atoms with van der Waals surface area (Å²) in [6.07, 6.45) is -4.37. The van der Waals surface area contributed by atoms with Gasteiger partial charge in [-0.25, -0.2) is 0 Å². The van der Waals surface area contributed by atoms with Gasteiger partial charge in [-0.1, -0.05) is 24.3 Å². The Bertz CT molecular complexity index is 636. The number of amides is 1. The summed E-state index contributed by atoms with van der Waals surface area (Å²) < 4.78 is 40.7. The number of hydrogen-bond donors (Lipinski definition) is 1. The molecule has 2 rings (SSSR count). The van der Waals surface area contributed by atoms with Gasteiger partial charge >= 0.3 is 6.18 Å². The standard InChI is InChI=1S/C15H12F3NO2/c16-15(17,18)9-21-13-6-4-10(5-7-13)11-2-1-3-12(8-11)14(19)20/h1-8H,9H2,(H2,19,20). The lowest BCUT2D eigenvalue weighted by Gasteiger charge is -2.10. The number of rotatable bonds is 4. The molecule has 0 heterocycles. The number of ether oxygens (including phenoxy) is 1. The highest BCUT2D eigenvalue weighted by molar-refractivity contribution is 5.94. The van der Waals surface area contributed by atoms with Crippen molar-refractivity contribution in [2.75, 3.05) is 6.61 Å². The molecule has 0 aromatic heterocycles. The first-order chi connectivity index (χ1) is 9.85. The number of carbonyl (C=O) groups excluding carboxylic acids is 1. The Kier molecular flexibility index (Phi) is 4.16. The van der Waals surface area contributed by atoms with Gasteiger partial charge in [-0.2, -0.15) is 13.2 Å². The quantitative estimate of drug-likeness (QED) is 0.940. The molecule has 3 nitrogen and oxygen atoms in total. The zero-order valence-corrected chi connectivity index (χ0v) is 10.9. The highest BCUT2D eigenvalue weighted by Gasteiger charge is 2.28. The Hall–Kier alpha value is -2.50. The van der Waals surface area contributed by atoms with Gasteiger partial charge in [0, 0.05) is 5.56 Å². The molecule has 2 N–H and O–H groups in total. The van der Waals surface area contributed by atoms with E-state index >= 15 is 0 Å². The number of nitrogens with two attached hydrogens (primary N) is 1. The maximum atomic E-state index is 12.0. The Morgan fingerprint density at radius 2 is 1.71 bits per heavy atom. The maximum Gasteiger partial charge on any atom is 0.422 e. The highest BCUT2D eigenvalue weighted by Crippen LogP contribution is 2.24. The Morgan fingerprint density at radius 1 is 1.05 bits per heavy atom. The molecule has 0 saturated heterocycles. The van der Waals surface area contributed by atoms with Crippen molar-refractivity contribution in [3.05, 3.63) is 54.1 Å². The zero-order chi connectivity index (χ0) is 15.5. The molecule has 110 valence electrons. The van der Waals surface area contributed by atoms with Crippen molar-refractivity contribution in [2.45, 2.75) is 6.18 Å². The molecule has 0 aliphatic heterocycles. The third kappa shape index (κ3) is 4.24. The SMILES string of the molecule is NC(=O)c1cccc(-c2ccc(OCC(F)(F)F)cc2)c1. The predicted molar refractivity (Wildman–Crippen MR) is 71.9 cm³/mol. The average molecular weight is 295 g/mol. The van der Waals surface area contributed by atoms with Crippen LogP contribution in [0, 0.1) is 0 Å². The van der Waals surface area contributed by atoms with Gasteiger partial charge in [0.15, 0.2) is 6.61 Å². The number of carbonyl (C=O) groups is 1. The third-order valence-corrected chi connectivity index (χ3v) is 2.74. The van der Waals surface area contributed by atoms with Gasteiger partial charge in [-0.05, 0) is 35.4 Å². The van der Waals surface area contributed by atoms with Gasteiger partial charge in [0.2, 0.25) is 5.91 Å². The molecular weight excluding hydrogens is 283 g/mol. The smallest absolute Gasteiger partial charge is 0.422 e. The van der Waals surface area contributed by atoms with E-state index in [1.165, 1.54) is 12.1 Å². The van der Waals surface area contributed by atoms with E-state index in [1.54, 1.807) is 36.4 Å². The summed E-state index contributed by atoms with van der Waals surface area (Å²) in [4.78, 5) is 11.1. The minimum Gasteiger partial charge on any atom is -0.484 e. The summed E-state index contributed by atoms with van der Waals surface area (Å²) in [6.45, 7) is -1.33. The van der Waals surface area contributed by atoms with E-state index in [1.807, 2.05) is 0 Å². The molecule has 6 heteroatoms. The number of primary amides is 1. The second kappa shape index (κ2) is 5.87. The van der Waals surface area contributed by atoms with Crippen LogP contribution in [0.1, 0.15) is 10.4 Å². The molecule has 0 saturated carbocycles. The number of hydrogen-bond acceptors (Lipinski definition) is 2. The molecule has 2 aromatic rings. The third-order valence-electron chi connectivity index (χ3n) is 2.74. The molecule has 2 aromatic carbocycles. The lowest BCUT2D eigenvalue weighted by molar-refractivity contribution is -0.153. The van der Waals surface area contributed by atoms with Crippen LogP contribution in [0.4, 0.5) is 13.2 Å². The Morgan fingerprint density at radius 3 is 2.29 bits per heavy atom. The van der Waals surface area contributed by atoms with Crippen molar-refractivity contribution >= 4 is 5.91 Å². The van der Waals surface area contributed by atoms with Crippen LogP contribution in [-0.2, 0) is 0 Å². The van der Waals surface area contributed by atoms with E-state index in [9.17, 15) is 18.0 Å². The largest absolute Gasteiger partial charge is 0.484 e. The fourth-order valence-electron chi connectivity index (χ4n) is 1.76. The molecule has 0 aliphatic carbocycles. The maximum absolute atomic E-state index is 12.0. The Labute approximate surface area is 119 Å². The summed E-state index contributed by atoms with van der Waals surface area (Å²) in [6, 6.07) is 12.8. The van der Waals surface area contributed by atoms with Crippen molar-refractivity contribution in [3.63, 3.8) is 0 Å². The molecule has 0 radical (unpaired) electrons. The normalized spacial score (nSPS) is 11.2. The van der Waals surface area contributed by atoms with Crippen molar-refractivity contribution in [2.24, 2.45) is 5.73 Å². The molecular formula is C15H12F3NO2. The van der Waals surface area contributed by atoms with Gasteiger partial charge in [-0.15, -0.1) is 0 Å². The molecule has 0 spiro atoms. The molecule has 1 amide bonds. The van der Waals surface area contributed by atoms with E-state index in [-0.39, 0.29) is 5.75 Å². The van der Waals surface area contributed by atoms with Crippen molar-refractivity contribution in [3.8, 4) is 16.9 Å². The van der Waals surface area contributed by atoms with Gasteiger partial charge < -0.3 is 10.5 Å². The summed E-state index contributed by atoms with van der Waals surface area (Å²) >= 11 is 0. The molecule has 0 atom stereocenters. The number of alkyl halides is 3. The van der Waals surface area contributed by atoms with Crippen LogP contribution in [0.25, 0.3) is 11.1 Å². The van der Waals surface area contributed by atoms with Crippen LogP contribution in [0.3, 0.4) is 0 Å². The lowest BCUT2D eigenvalue weighted by atomic mass is 10.0. The van der Waals surface area contributed by atoms with E-state index in [2.05, 4.69) is 4.74 Å². The van der Waals surface area contributed by atoms with Crippen LogP contribution in [-0.4, -0.2) is 18.7 Å². The van der Waals surface area contributed by atoms with Crippen LogP contribution in [0.15, 0.2) is 48.5 Å². The van der Waals surface area contributed by atoms with E-state index in [0.717, 1.165) is 11.1 Å². The summed E-state index contributed by atoms with van der Waals surface area (Å²) in [5.74, 6) is -0.413. The Balaban J connectivity index is 2.15. The monoisotopic (exact) mass is 295 g/mol. The van der Waals surface area contributed by atoms with E-state index in [0.29, 0.717) is 5.56 Å². The fourth-order valence-corrected chi connectivity index (χ4v) is 1.76. The minimum absolute atomic E-state index is 0.127. The van der Waals surface area contributed by atoms with Crippen molar-refractivity contribution in [1.29, 1.82) is 0 Å². The summed E-state index contributed by atoms with van der Waals surface area (Å²) in [5.41, 5.74) is 7.06. The average Bonchev–Trinajstić information content (AvgIpc) is 2.45. The predicted octanol–water partition coefficient (Wildman–Crippen LogP) is 3.39. The first kappa shape index (κ1) is 14.9. The minimum atomic E-state index is -4.37. The van der Waals surface area contributed by atoms with Crippen LogP contribution in [0.5, 0.6) is 5.75 Å². The van der Waals surface area contributed by atoms with Gasteiger partial charge in [0.25, 0.3) is 0 Å². The molecule has 0 unspecified atom stereocenters. The lowest BCUT2D eigenvalue weighted by Crippen LogP contribution is -2.19. The summed E-state index contributed by atoms with van der Waals surface area (Å²) in [5, 5.41) is 0. The second-order valence-electron chi connectivity index (χ2n) is 4.37. The number of benzene rings is 2. The molecule has 0 fully saturated rings. The molecule has 0 bridgehead atoms. The second-order valence-corrected chi connectivity index (χ2v) is 4.37. The van der Waals surface area contributed by atoms with E-state index < -0.39 is 18.7 Å². The molecule has 0 aliphatic rings. The first-order valence-electron chi connectivity index (χ1n) is 6.05. The van der Waals surface area contributed by atoms with Crippen LogP contribution < -0.4 is 10.5 Å². The molecule has 21 heavy (non-hydrogen) atoms. The highest BCUT2D eigenvalue weighted by atomic mass is 19.4. The fraction of sp³-hybridized carbons (Fsp3) is 0.133. The van der Waals surface area contributed by atoms with Gasteiger partial charge in [0.1, 0.15) is 5.75 Å². The van der Waals surface area contributed by atoms with Crippen molar-refractivity contribution < 1.29 is 22.7 Å². The van der Waals surface area contributed by atoms with E-state index in [4.69, 9.17) is 5.73 Å². The van der Waals surface area contributed by atoms with Gasteiger partial charge in [0.05, 0.1) is 0 Å². The summed E-state index contributed by atoms with van der Waals surface area (Å²) in [7, 11) is 0. The topological polar surface area (TPSA) is 52.3 Å². The zero-order valence-electron chi connectivity index (χ0n) is 10.9. The van der Waals surface area contributed by atoms with Crippen molar-refractivity contribution in [1.82, 2.24) is 0 Å². The first-order valence-corrected chi connectivity index (χ1v) is 6.05. The van der Waals surface area contributed by atoms with Crippen LogP contribution in [0.2, 0.25) is 0 Å². The number of halogens is 3. The van der Waals surface area contributed by atoms with Crippen LogP contribution >= 0.6 is 0 Å².